The summed E-state index contributed by atoms with van der Waals surface area (Å²) < 4.78 is 41.5. The number of rotatable bonds is 8. The van der Waals surface area contributed by atoms with Gasteiger partial charge in [-0.05, 0) is 45.2 Å². The molecule has 1 N–H and O–H groups in total. The van der Waals surface area contributed by atoms with E-state index in [4.69, 9.17) is 4.74 Å². The van der Waals surface area contributed by atoms with Gasteiger partial charge in [0.05, 0.1) is 5.60 Å². The molecule has 0 amide bonds. The lowest BCUT2D eigenvalue weighted by Gasteiger charge is -2.42. The molecule has 102 valence electrons. The van der Waals surface area contributed by atoms with E-state index >= 15 is 0 Å². The summed E-state index contributed by atoms with van der Waals surface area (Å²) in [5.41, 5.74) is -0.131. The molecule has 0 aromatic carbocycles. The Bertz CT molecular complexity index is 214. The van der Waals surface area contributed by atoms with Crippen LogP contribution in [-0.2, 0) is 4.74 Å². The molecule has 0 heterocycles. The molecule has 2 nitrogen and oxygen atoms in total. The van der Waals surface area contributed by atoms with Gasteiger partial charge in [0, 0.05) is 13.0 Å². The molecule has 0 bridgehead atoms. The molecular formula is C12H22F3NO. The number of halogens is 3. The topological polar surface area (TPSA) is 21.3 Å². The highest BCUT2D eigenvalue weighted by atomic mass is 19.4. The van der Waals surface area contributed by atoms with Crippen LogP contribution in [0.2, 0.25) is 0 Å². The highest BCUT2D eigenvalue weighted by Gasteiger charge is 2.37. The first kappa shape index (κ1) is 14.8. The highest BCUT2D eigenvalue weighted by molar-refractivity contribution is 4.90. The Labute approximate surface area is 101 Å². The Hall–Kier alpha value is -0.290. The molecule has 17 heavy (non-hydrogen) atoms. The smallest absolute Gasteiger partial charge is 0.375 e. The highest BCUT2D eigenvalue weighted by Crippen LogP contribution is 2.38. The average molecular weight is 253 g/mol. The van der Waals surface area contributed by atoms with Gasteiger partial charge in [0.25, 0.3) is 0 Å². The minimum absolute atomic E-state index is 0.0758. The van der Waals surface area contributed by atoms with Crippen molar-refractivity contribution in [3.05, 3.63) is 0 Å². The maximum atomic E-state index is 12.0. The maximum absolute atomic E-state index is 12.0. The predicted molar refractivity (Wildman–Crippen MR) is 61.0 cm³/mol. The van der Waals surface area contributed by atoms with Crippen molar-refractivity contribution in [2.75, 3.05) is 19.7 Å². The molecule has 0 spiro atoms. The van der Waals surface area contributed by atoms with Crippen LogP contribution in [-0.4, -0.2) is 31.5 Å². The van der Waals surface area contributed by atoms with E-state index in [1.54, 1.807) is 0 Å². The molecule has 1 fully saturated rings. The van der Waals surface area contributed by atoms with E-state index in [1.165, 1.54) is 0 Å². The van der Waals surface area contributed by atoms with Crippen LogP contribution in [0.1, 0.15) is 45.4 Å². The van der Waals surface area contributed by atoms with E-state index in [9.17, 15) is 13.2 Å². The molecule has 0 aliphatic heterocycles. The van der Waals surface area contributed by atoms with Crippen LogP contribution < -0.4 is 5.32 Å². The first-order valence-corrected chi connectivity index (χ1v) is 6.39. The number of ether oxygens (including phenoxy) is 1. The molecule has 1 aliphatic carbocycles. The molecule has 0 radical (unpaired) electrons. The molecule has 0 aromatic rings. The largest absolute Gasteiger partial charge is 0.389 e. The first-order valence-electron chi connectivity index (χ1n) is 6.39. The quantitative estimate of drug-likeness (QED) is 0.670. The first-order chi connectivity index (χ1) is 7.97. The van der Waals surface area contributed by atoms with Crippen LogP contribution in [0.4, 0.5) is 13.2 Å². The summed E-state index contributed by atoms with van der Waals surface area (Å²) in [6.07, 6.45) is -0.699. The van der Waals surface area contributed by atoms with Crippen LogP contribution in [0.5, 0.6) is 0 Å². The average Bonchev–Trinajstić information content (AvgIpc) is 2.18. The van der Waals surface area contributed by atoms with E-state index in [0.29, 0.717) is 0 Å². The second-order valence-electron chi connectivity index (χ2n) is 4.71. The van der Waals surface area contributed by atoms with Crippen molar-refractivity contribution in [1.29, 1.82) is 0 Å². The third-order valence-electron chi connectivity index (χ3n) is 3.29. The van der Waals surface area contributed by atoms with E-state index in [0.717, 1.165) is 38.8 Å². The normalized spacial score (nSPS) is 19.1. The zero-order chi connectivity index (χ0) is 12.8. The third-order valence-corrected chi connectivity index (χ3v) is 3.29. The monoisotopic (exact) mass is 253 g/mol. The van der Waals surface area contributed by atoms with E-state index < -0.39 is 12.6 Å². The van der Waals surface area contributed by atoms with Crippen molar-refractivity contribution in [2.24, 2.45) is 0 Å². The lowest BCUT2D eigenvalue weighted by atomic mass is 9.77. The van der Waals surface area contributed by atoms with Gasteiger partial charge in [0.15, 0.2) is 0 Å². The maximum Gasteiger partial charge on any atom is 0.389 e. The zero-order valence-corrected chi connectivity index (χ0v) is 10.4. The number of hydrogen-bond acceptors (Lipinski definition) is 2. The molecule has 5 heteroatoms. The second-order valence-corrected chi connectivity index (χ2v) is 4.71. The fourth-order valence-corrected chi connectivity index (χ4v) is 2.09. The zero-order valence-electron chi connectivity index (χ0n) is 10.4. The van der Waals surface area contributed by atoms with Crippen molar-refractivity contribution in [1.82, 2.24) is 5.32 Å². The molecule has 0 aromatic heterocycles. The lowest BCUT2D eigenvalue weighted by Crippen LogP contribution is -2.43. The molecule has 1 saturated carbocycles. The third kappa shape index (κ3) is 5.73. The van der Waals surface area contributed by atoms with Gasteiger partial charge >= 0.3 is 6.18 Å². The Morgan fingerprint density at radius 3 is 2.47 bits per heavy atom. The van der Waals surface area contributed by atoms with Crippen molar-refractivity contribution in [2.45, 2.75) is 57.2 Å². The van der Waals surface area contributed by atoms with Gasteiger partial charge in [-0.15, -0.1) is 0 Å². The van der Waals surface area contributed by atoms with Crippen LogP contribution in [0, 0.1) is 0 Å². The molecule has 1 aliphatic rings. The van der Waals surface area contributed by atoms with Gasteiger partial charge in [0.1, 0.15) is 0 Å². The van der Waals surface area contributed by atoms with Gasteiger partial charge < -0.3 is 10.1 Å². The van der Waals surface area contributed by atoms with Crippen molar-refractivity contribution in [3.63, 3.8) is 0 Å². The van der Waals surface area contributed by atoms with Crippen molar-refractivity contribution >= 4 is 0 Å². The Balaban J connectivity index is 2.14. The van der Waals surface area contributed by atoms with Gasteiger partial charge in [-0.3, -0.25) is 0 Å². The van der Waals surface area contributed by atoms with E-state index in [2.05, 4.69) is 5.32 Å². The fraction of sp³-hybridized carbons (Fsp3) is 1.00. The lowest BCUT2D eigenvalue weighted by molar-refractivity contribution is -0.148. The standard InChI is InChI=1S/C12H22F3NO/c1-2-16-9-8-11(5-3-6-11)17-10-4-7-12(13,14)15/h16H,2-10H2,1H3. The Morgan fingerprint density at radius 1 is 1.29 bits per heavy atom. The Kier molecular flexibility index (Phi) is 5.73. The van der Waals surface area contributed by atoms with Crippen LogP contribution in [0.3, 0.4) is 0 Å². The molecular weight excluding hydrogens is 231 g/mol. The minimum Gasteiger partial charge on any atom is -0.375 e. The molecule has 0 atom stereocenters. The van der Waals surface area contributed by atoms with Crippen molar-refractivity contribution < 1.29 is 17.9 Å². The summed E-state index contributed by atoms with van der Waals surface area (Å²) >= 11 is 0. The van der Waals surface area contributed by atoms with Gasteiger partial charge in [-0.2, -0.15) is 13.2 Å². The second kappa shape index (κ2) is 6.59. The van der Waals surface area contributed by atoms with Gasteiger partial charge in [-0.25, -0.2) is 0 Å². The summed E-state index contributed by atoms with van der Waals surface area (Å²) in [7, 11) is 0. The number of nitrogens with one attached hydrogen (secondary N) is 1. The van der Waals surface area contributed by atoms with Crippen LogP contribution in [0.25, 0.3) is 0 Å². The summed E-state index contributed by atoms with van der Waals surface area (Å²) in [4.78, 5) is 0. The van der Waals surface area contributed by atoms with Gasteiger partial charge in [-0.1, -0.05) is 6.92 Å². The summed E-state index contributed by atoms with van der Waals surface area (Å²) in [5, 5.41) is 3.23. The fourth-order valence-electron chi connectivity index (χ4n) is 2.09. The SMILES string of the molecule is CCNCCC1(OCCCC(F)(F)F)CCC1. The number of alkyl halides is 3. The Morgan fingerprint density at radius 2 is 2.00 bits per heavy atom. The van der Waals surface area contributed by atoms with Crippen LogP contribution >= 0.6 is 0 Å². The minimum atomic E-state index is -4.06. The van der Waals surface area contributed by atoms with E-state index in [1.807, 2.05) is 6.92 Å². The summed E-state index contributed by atoms with van der Waals surface area (Å²) in [5.74, 6) is 0. The molecule has 0 saturated heterocycles. The molecule has 1 rings (SSSR count). The molecule has 0 unspecified atom stereocenters. The predicted octanol–water partition coefficient (Wildman–Crippen LogP) is 3.27. The van der Waals surface area contributed by atoms with E-state index in [-0.39, 0.29) is 18.6 Å². The van der Waals surface area contributed by atoms with Crippen LogP contribution in [0.15, 0.2) is 0 Å². The summed E-state index contributed by atoms with van der Waals surface area (Å²) in [6.45, 7) is 4.07. The van der Waals surface area contributed by atoms with Crippen molar-refractivity contribution in [3.8, 4) is 0 Å². The van der Waals surface area contributed by atoms with Gasteiger partial charge in [0.2, 0.25) is 0 Å². The number of hydrogen-bond donors (Lipinski definition) is 1. The summed E-state index contributed by atoms with van der Waals surface area (Å²) in [6, 6.07) is 0.